The Morgan fingerprint density at radius 2 is 2.11 bits per heavy atom. The number of hydrogen-bond acceptors (Lipinski definition) is 3. The number of anilines is 1. The fourth-order valence-electron chi connectivity index (χ4n) is 1.73. The third-order valence-electron chi connectivity index (χ3n) is 2.68. The highest BCUT2D eigenvalue weighted by Crippen LogP contribution is 2.27. The van der Waals surface area contributed by atoms with Crippen LogP contribution in [0, 0.1) is 5.82 Å². The maximum atomic E-state index is 12.8. The van der Waals surface area contributed by atoms with Crippen molar-refractivity contribution >= 4 is 21.6 Å². The molecule has 2 aromatic rings. The lowest BCUT2D eigenvalue weighted by atomic mass is 10.2. The normalized spacial score (nSPS) is 12.0. The Balaban J connectivity index is 2.16. The summed E-state index contributed by atoms with van der Waals surface area (Å²) in [6, 6.07) is 8.77. The number of benzene rings is 1. The molecule has 0 aliphatic rings. The molecule has 19 heavy (non-hydrogen) atoms. The Hall–Kier alpha value is -1.62. The second-order valence-corrected chi connectivity index (χ2v) is 5.06. The Kier molecular flexibility index (Phi) is 4.37. The van der Waals surface area contributed by atoms with Crippen LogP contribution >= 0.6 is 15.9 Å². The van der Waals surface area contributed by atoms with Crippen LogP contribution < -0.4 is 10.1 Å². The number of rotatable bonds is 4. The zero-order valence-electron chi connectivity index (χ0n) is 10.7. The molecule has 0 aliphatic heterocycles. The van der Waals surface area contributed by atoms with Gasteiger partial charge < -0.3 is 10.1 Å². The fraction of sp³-hybridized carbons (Fsp3) is 0.214. The number of methoxy groups -OCH3 is 1. The van der Waals surface area contributed by atoms with Crippen molar-refractivity contribution in [3.05, 3.63) is 52.5 Å². The third-order valence-corrected chi connectivity index (χ3v) is 3.14. The highest BCUT2D eigenvalue weighted by Gasteiger charge is 2.08. The van der Waals surface area contributed by atoms with Crippen molar-refractivity contribution in [1.82, 2.24) is 4.98 Å². The number of nitrogens with one attached hydrogen (secondary N) is 1. The van der Waals surface area contributed by atoms with Crippen molar-refractivity contribution in [1.29, 1.82) is 0 Å². The first-order chi connectivity index (χ1) is 9.08. The Morgan fingerprint density at radius 3 is 2.74 bits per heavy atom. The van der Waals surface area contributed by atoms with E-state index in [1.807, 2.05) is 25.1 Å². The highest BCUT2D eigenvalue weighted by molar-refractivity contribution is 9.10. The minimum absolute atomic E-state index is 0.0281. The zero-order valence-corrected chi connectivity index (χ0v) is 12.2. The van der Waals surface area contributed by atoms with Gasteiger partial charge >= 0.3 is 0 Å². The van der Waals surface area contributed by atoms with E-state index in [2.05, 4.69) is 26.2 Å². The molecule has 3 nitrogen and oxygen atoms in total. The SMILES string of the molecule is COc1cc(Br)cc(NC(C)c2ccc(F)cn2)c1. The average Bonchev–Trinajstić information content (AvgIpc) is 2.38. The van der Waals surface area contributed by atoms with Gasteiger partial charge in [-0.1, -0.05) is 15.9 Å². The van der Waals surface area contributed by atoms with Crippen molar-refractivity contribution in [2.24, 2.45) is 0 Å². The lowest BCUT2D eigenvalue weighted by molar-refractivity contribution is 0.414. The zero-order chi connectivity index (χ0) is 13.8. The summed E-state index contributed by atoms with van der Waals surface area (Å²) in [5, 5.41) is 3.30. The average molecular weight is 325 g/mol. The van der Waals surface area contributed by atoms with Crippen LogP contribution in [0.15, 0.2) is 41.0 Å². The minimum Gasteiger partial charge on any atom is -0.497 e. The summed E-state index contributed by atoms with van der Waals surface area (Å²) in [6.07, 6.45) is 1.22. The second kappa shape index (κ2) is 6.02. The molecule has 0 fully saturated rings. The summed E-state index contributed by atoms with van der Waals surface area (Å²) >= 11 is 3.42. The van der Waals surface area contributed by atoms with Gasteiger partial charge in [0.2, 0.25) is 0 Å². The summed E-state index contributed by atoms with van der Waals surface area (Å²) in [5.74, 6) is 0.427. The smallest absolute Gasteiger partial charge is 0.141 e. The predicted octanol–water partition coefficient (Wildman–Crippen LogP) is 4.16. The Bertz CT molecular complexity index is 560. The second-order valence-electron chi connectivity index (χ2n) is 4.15. The molecule has 0 radical (unpaired) electrons. The largest absolute Gasteiger partial charge is 0.497 e. The number of nitrogens with zero attached hydrogens (tertiary/aromatic N) is 1. The van der Waals surface area contributed by atoms with Gasteiger partial charge in [-0.3, -0.25) is 4.98 Å². The number of pyridine rings is 1. The highest BCUT2D eigenvalue weighted by atomic mass is 79.9. The van der Waals surface area contributed by atoms with E-state index in [1.54, 1.807) is 13.2 Å². The lowest BCUT2D eigenvalue weighted by Crippen LogP contribution is -2.08. The van der Waals surface area contributed by atoms with E-state index in [9.17, 15) is 4.39 Å². The van der Waals surface area contributed by atoms with Gasteiger partial charge in [0.05, 0.1) is 25.0 Å². The van der Waals surface area contributed by atoms with Gasteiger partial charge in [0.1, 0.15) is 11.6 Å². The van der Waals surface area contributed by atoms with Crippen molar-refractivity contribution in [2.45, 2.75) is 13.0 Å². The van der Waals surface area contributed by atoms with Gasteiger partial charge in [-0.05, 0) is 31.2 Å². The van der Waals surface area contributed by atoms with Crippen LogP contribution in [0.3, 0.4) is 0 Å². The first-order valence-corrected chi connectivity index (χ1v) is 6.60. The fourth-order valence-corrected chi connectivity index (χ4v) is 2.20. The molecular formula is C14H14BrFN2O. The van der Waals surface area contributed by atoms with E-state index in [0.717, 1.165) is 21.6 Å². The quantitative estimate of drug-likeness (QED) is 0.916. The lowest BCUT2D eigenvalue weighted by Gasteiger charge is -2.15. The number of ether oxygens (including phenoxy) is 1. The van der Waals surface area contributed by atoms with Crippen LogP contribution in [0.4, 0.5) is 10.1 Å². The van der Waals surface area contributed by atoms with E-state index < -0.39 is 0 Å². The Morgan fingerprint density at radius 1 is 1.32 bits per heavy atom. The van der Waals surface area contributed by atoms with E-state index in [1.165, 1.54) is 12.3 Å². The third kappa shape index (κ3) is 3.67. The molecule has 2 rings (SSSR count). The van der Waals surface area contributed by atoms with E-state index in [4.69, 9.17) is 4.74 Å². The van der Waals surface area contributed by atoms with Gasteiger partial charge in [0.25, 0.3) is 0 Å². The van der Waals surface area contributed by atoms with Crippen LogP contribution in [0.25, 0.3) is 0 Å². The molecule has 0 aliphatic carbocycles. The van der Waals surface area contributed by atoms with Gasteiger partial charge in [-0.2, -0.15) is 0 Å². The van der Waals surface area contributed by atoms with Crippen molar-refractivity contribution in [3.8, 4) is 5.75 Å². The predicted molar refractivity (Wildman–Crippen MR) is 76.9 cm³/mol. The summed E-state index contributed by atoms with van der Waals surface area (Å²) in [5.41, 5.74) is 1.69. The first kappa shape index (κ1) is 13.8. The van der Waals surface area contributed by atoms with E-state index in [-0.39, 0.29) is 11.9 Å². The molecule has 0 amide bonds. The van der Waals surface area contributed by atoms with Crippen LogP contribution in [0.2, 0.25) is 0 Å². The maximum absolute atomic E-state index is 12.8. The number of hydrogen-bond donors (Lipinski definition) is 1. The van der Waals surface area contributed by atoms with E-state index >= 15 is 0 Å². The molecule has 0 saturated carbocycles. The molecule has 0 bridgehead atoms. The molecule has 1 aromatic carbocycles. The van der Waals surface area contributed by atoms with Gasteiger partial charge in [0, 0.05) is 16.2 Å². The van der Waals surface area contributed by atoms with Crippen molar-refractivity contribution in [2.75, 3.05) is 12.4 Å². The van der Waals surface area contributed by atoms with Crippen LogP contribution in [-0.2, 0) is 0 Å². The van der Waals surface area contributed by atoms with Gasteiger partial charge in [0.15, 0.2) is 0 Å². The van der Waals surface area contributed by atoms with Gasteiger partial charge in [-0.15, -0.1) is 0 Å². The van der Waals surface area contributed by atoms with Crippen LogP contribution in [0.5, 0.6) is 5.75 Å². The Labute approximate surface area is 119 Å². The first-order valence-electron chi connectivity index (χ1n) is 5.81. The molecule has 0 saturated heterocycles. The van der Waals surface area contributed by atoms with Crippen LogP contribution in [-0.4, -0.2) is 12.1 Å². The molecule has 1 unspecified atom stereocenters. The number of aromatic nitrogens is 1. The topological polar surface area (TPSA) is 34.1 Å². The summed E-state index contributed by atoms with van der Waals surface area (Å²) in [4.78, 5) is 4.06. The standard InChI is InChI=1S/C14H14BrFN2O/c1-9(14-4-3-11(16)8-17-14)18-12-5-10(15)6-13(7-12)19-2/h3-9,18H,1-2H3. The minimum atomic E-state index is -0.333. The van der Waals surface area contributed by atoms with Crippen LogP contribution in [0.1, 0.15) is 18.7 Å². The number of halogens is 2. The molecule has 100 valence electrons. The molecular weight excluding hydrogens is 311 g/mol. The maximum Gasteiger partial charge on any atom is 0.141 e. The van der Waals surface area contributed by atoms with E-state index in [0.29, 0.717) is 0 Å². The van der Waals surface area contributed by atoms with Crippen molar-refractivity contribution < 1.29 is 9.13 Å². The summed E-state index contributed by atoms with van der Waals surface area (Å²) in [6.45, 7) is 1.97. The summed E-state index contributed by atoms with van der Waals surface area (Å²) < 4.78 is 19.0. The molecule has 0 spiro atoms. The molecule has 1 aromatic heterocycles. The van der Waals surface area contributed by atoms with Gasteiger partial charge in [-0.25, -0.2) is 4.39 Å². The molecule has 1 atom stereocenters. The molecule has 1 N–H and O–H groups in total. The van der Waals surface area contributed by atoms with Crippen molar-refractivity contribution in [3.63, 3.8) is 0 Å². The molecule has 1 heterocycles. The molecule has 5 heteroatoms. The summed E-state index contributed by atoms with van der Waals surface area (Å²) in [7, 11) is 1.62. The monoisotopic (exact) mass is 324 g/mol.